The van der Waals surface area contributed by atoms with Crippen molar-refractivity contribution in [1.29, 1.82) is 0 Å². The lowest BCUT2D eigenvalue weighted by Gasteiger charge is -2.40. The van der Waals surface area contributed by atoms with Gasteiger partial charge in [-0.1, -0.05) is 58.6 Å². The van der Waals surface area contributed by atoms with E-state index in [-0.39, 0.29) is 0 Å². The predicted molar refractivity (Wildman–Crippen MR) is 136 cm³/mol. The molecule has 3 unspecified atom stereocenters. The Balaban J connectivity index is 5.06. The lowest BCUT2D eigenvalue weighted by Crippen LogP contribution is -2.52. The standard InChI is InChI=1S/C27H49NO6/c1-5-6-7-8-9-10-11-12-13-14-18-28(19-15-22(2)25(29)30,20-16-23(3)26(31)32)21-17-24(4)27(33)34/h5-6,22-24H,7-21H2,1-4H3,(H2-,29,30,31,32,33,34)/p+1/b6-5+. The Bertz CT molecular complexity index is 558. The van der Waals surface area contributed by atoms with Crippen LogP contribution in [0.25, 0.3) is 0 Å². The molecule has 0 fully saturated rings. The van der Waals surface area contributed by atoms with Gasteiger partial charge in [-0.15, -0.1) is 0 Å². The second-order valence-electron chi connectivity index (χ2n) is 10.2. The van der Waals surface area contributed by atoms with Crippen LogP contribution in [0.1, 0.15) is 98.3 Å². The minimum atomic E-state index is -0.828. The van der Waals surface area contributed by atoms with E-state index in [1.54, 1.807) is 20.8 Å². The van der Waals surface area contributed by atoms with Crippen molar-refractivity contribution in [2.24, 2.45) is 17.8 Å². The molecule has 0 spiro atoms. The molecule has 34 heavy (non-hydrogen) atoms. The van der Waals surface area contributed by atoms with Gasteiger partial charge in [-0.2, -0.15) is 0 Å². The molecule has 3 N–H and O–H groups in total. The van der Waals surface area contributed by atoms with Crippen LogP contribution < -0.4 is 0 Å². The van der Waals surface area contributed by atoms with Gasteiger partial charge in [0.05, 0.1) is 43.9 Å². The molecule has 0 saturated heterocycles. The zero-order valence-corrected chi connectivity index (χ0v) is 22.0. The lowest BCUT2D eigenvalue weighted by molar-refractivity contribution is -0.929. The number of carboxylic acid groups (broad SMARTS) is 3. The second-order valence-corrected chi connectivity index (χ2v) is 10.2. The van der Waals surface area contributed by atoms with Gasteiger partial charge >= 0.3 is 17.9 Å². The van der Waals surface area contributed by atoms with Crippen LogP contribution in [-0.4, -0.2) is 63.9 Å². The maximum Gasteiger partial charge on any atom is 0.306 e. The Hall–Kier alpha value is -1.89. The lowest BCUT2D eigenvalue weighted by atomic mass is 10.0. The van der Waals surface area contributed by atoms with E-state index in [1.807, 2.05) is 6.92 Å². The Morgan fingerprint density at radius 2 is 0.971 bits per heavy atom. The predicted octanol–water partition coefficient (Wildman–Crippen LogP) is 5.83. The number of carbonyl (C=O) groups is 3. The number of nitrogens with zero attached hydrogens (tertiary/aromatic N) is 1. The first kappa shape index (κ1) is 32.1. The molecule has 3 atom stereocenters. The van der Waals surface area contributed by atoms with Crippen molar-refractivity contribution in [2.45, 2.75) is 98.3 Å². The van der Waals surface area contributed by atoms with Crippen LogP contribution in [0.4, 0.5) is 0 Å². The van der Waals surface area contributed by atoms with E-state index in [0.29, 0.717) is 43.4 Å². The number of hydrogen-bond acceptors (Lipinski definition) is 3. The maximum atomic E-state index is 11.4. The van der Waals surface area contributed by atoms with Gasteiger partial charge in [0.25, 0.3) is 0 Å². The zero-order valence-electron chi connectivity index (χ0n) is 22.0. The van der Waals surface area contributed by atoms with E-state index in [1.165, 1.54) is 25.7 Å². The Labute approximate surface area is 206 Å². The van der Waals surface area contributed by atoms with Crippen molar-refractivity contribution in [1.82, 2.24) is 0 Å². The van der Waals surface area contributed by atoms with Gasteiger partial charge < -0.3 is 19.8 Å². The number of quaternary nitrogens is 1. The molecule has 0 amide bonds. The summed E-state index contributed by atoms with van der Waals surface area (Å²) in [6.45, 7) is 9.90. The third-order valence-corrected chi connectivity index (χ3v) is 7.11. The van der Waals surface area contributed by atoms with E-state index < -0.39 is 35.7 Å². The first-order valence-electron chi connectivity index (χ1n) is 13.2. The molecule has 0 bridgehead atoms. The molecule has 0 aliphatic heterocycles. The van der Waals surface area contributed by atoms with Crippen LogP contribution in [-0.2, 0) is 14.4 Å². The third-order valence-electron chi connectivity index (χ3n) is 7.11. The molecule has 0 aliphatic carbocycles. The van der Waals surface area contributed by atoms with Gasteiger partial charge in [-0.05, 0) is 32.6 Å². The highest BCUT2D eigenvalue weighted by Gasteiger charge is 2.31. The fraction of sp³-hybridized carbons (Fsp3) is 0.815. The summed E-state index contributed by atoms with van der Waals surface area (Å²) in [6.07, 6.45) is 15.1. The van der Waals surface area contributed by atoms with Crippen molar-refractivity contribution < 1.29 is 34.2 Å². The quantitative estimate of drug-likeness (QED) is 0.101. The van der Waals surface area contributed by atoms with Gasteiger partial charge in [-0.3, -0.25) is 14.4 Å². The molecular formula is C27H50NO6+. The van der Waals surface area contributed by atoms with Crippen LogP contribution in [0.2, 0.25) is 0 Å². The molecule has 0 aromatic heterocycles. The van der Waals surface area contributed by atoms with Crippen molar-refractivity contribution in [3.63, 3.8) is 0 Å². The molecule has 0 saturated carbocycles. The van der Waals surface area contributed by atoms with Crippen LogP contribution >= 0.6 is 0 Å². The summed E-state index contributed by atoms with van der Waals surface area (Å²) in [7, 11) is 0. The normalized spacial score (nSPS) is 16.1. The minimum absolute atomic E-state index is 0.478. The van der Waals surface area contributed by atoms with Crippen LogP contribution in [0.3, 0.4) is 0 Å². The molecule has 0 rings (SSSR count). The van der Waals surface area contributed by atoms with Crippen molar-refractivity contribution in [3.05, 3.63) is 12.2 Å². The fourth-order valence-corrected chi connectivity index (χ4v) is 4.20. The van der Waals surface area contributed by atoms with Gasteiger partial charge in [0.15, 0.2) is 0 Å². The van der Waals surface area contributed by atoms with E-state index in [0.717, 1.165) is 32.2 Å². The summed E-state index contributed by atoms with van der Waals surface area (Å²) >= 11 is 0. The van der Waals surface area contributed by atoms with Crippen LogP contribution in [0.15, 0.2) is 12.2 Å². The molecule has 7 heteroatoms. The molecule has 0 radical (unpaired) electrons. The molecule has 198 valence electrons. The first-order chi connectivity index (χ1) is 16.0. The Morgan fingerprint density at radius 3 is 1.32 bits per heavy atom. The minimum Gasteiger partial charge on any atom is -0.481 e. The van der Waals surface area contributed by atoms with Gasteiger partial charge in [-0.25, -0.2) is 0 Å². The highest BCUT2D eigenvalue weighted by Crippen LogP contribution is 2.22. The largest absolute Gasteiger partial charge is 0.481 e. The Morgan fingerprint density at radius 1 is 0.618 bits per heavy atom. The molecular weight excluding hydrogens is 434 g/mol. The number of rotatable bonds is 22. The van der Waals surface area contributed by atoms with E-state index in [4.69, 9.17) is 0 Å². The topological polar surface area (TPSA) is 112 Å². The fourth-order valence-electron chi connectivity index (χ4n) is 4.20. The SMILES string of the molecule is C/C=C/CCCCCCCCC[N+](CCC(C)C(=O)O)(CCC(C)C(=O)O)CCC(C)C(=O)O. The smallest absolute Gasteiger partial charge is 0.306 e. The first-order valence-corrected chi connectivity index (χ1v) is 13.2. The average Bonchev–Trinajstić information content (AvgIpc) is 2.79. The summed E-state index contributed by atoms with van der Waals surface area (Å²) in [5.74, 6) is -3.92. The monoisotopic (exact) mass is 484 g/mol. The summed E-state index contributed by atoms with van der Waals surface area (Å²) in [4.78, 5) is 34.2. The van der Waals surface area contributed by atoms with Gasteiger partial charge in [0, 0.05) is 19.3 Å². The number of unbranched alkanes of at least 4 members (excludes halogenated alkanes) is 7. The highest BCUT2D eigenvalue weighted by molar-refractivity contribution is 5.70. The average molecular weight is 485 g/mol. The summed E-state index contributed by atoms with van der Waals surface area (Å²) < 4.78 is 0.607. The number of aliphatic carboxylic acids is 3. The van der Waals surface area contributed by atoms with E-state index >= 15 is 0 Å². The third kappa shape index (κ3) is 15.1. The highest BCUT2D eigenvalue weighted by atomic mass is 16.4. The van der Waals surface area contributed by atoms with Gasteiger partial charge in [0.2, 0.25) is 0 Å². The number of allylic oxidation sites excluding steroid dienone is 2. The van der Waals surface area contributed by atoms with E-state index in [9.17, 15) is 29.7 Å². The molecule has 7 nitrogen and oxygen atoms in total. The van der Waals surface area contributed by atoms with Crippen LogP contribution in [0, 0.1) is 17.8 Å². The number of hydrogen-bond donors (Lipinski definition) is 3. The summed E-state index contributed by atoms with van der Waals surface area (Å²) in [5.41, 5.74) is 0. The summed E-state index contributed by atoms with van der Waals surface area (Å²) in [5, 5.41) is 28.1. The van der Waals surface area contributed by atoms with Crippen molar-refractivity contribution in [2.75, 3.05) is 26.2 Å². The number of carboxylic acids is 3. The van der Waals surface area contributed by atoms with Crippen LogP contribution in [0.5, 0.6) is 0 Å². The van der Waals surface area contributed by atoms with Crippen molar-refractivity contribution >= 4 is 17.9 Å². The maximum absolute atomic E-state index is 11.4. The van der Waals surface area contributed by atoms with Gasteiger partial charge in [0.1, 0.15) is 0 Å². The molecule has 0 heterocycles. The molecule has 0 aliphatic rings. The molecule has 0 aromatic carbocycles. The zero-order chi connectivity index (χ0) is 26.0. The summed E-state index contributed by atoms with van der Waals surface area (Å²) in [6, 6.07) is 0. The molecule has 0 aromatic rings. The second kappa shape index (κ2) is 18.4. The van der Waals surface area contributed by atoms with Crippen molar-refractivity contribution in [3.8, 4) is 0 Å². The van der Waals surface area contributed by atoms with E-state index in [2.05, 4.69) is 12.2 Å². The Kier molecular flexibility index (Phi) is 17.4.